The van der Waals surface area contributed by atoms with Gasteiger partial charge < -0.3 is 15.0 Å². The van der Waals surface area contributed by atoms with Gasteiger partial charge >= 0.3 is 6.09 Å². The number of likely N-dealkylation sites (N-methyl/N-ethyl adjacent to an activating group) is 1. The van der Waals surface area contributed by atoms with Crippen LogP contribution >= 0.6 is 0 Å². The molecule has 0 radical (unpaired) electrons. The number of alkyl carbamates (subject to hydrolysis) is 1. The Balaban J connectivity index is 1.82. The zero-order valence-electron chi connectivity index (χ0n) is 14.7. The van der Waals surface area contributed by atoms with Crippen LogP contribution in [0.1, 0.15) is 52.9 Å². The molecule has 0 aromatic rings. The lowest BCUT2D eigenvalue weighted by atomic mass is 9.90. The van der Waals surface area contributed by atoms with Crippen LogP contribution in [0.25, 0.3) is 0 Å². The largest absolute Gasteiger partial charge is 0.444 e. The zero-order chi connectivity index (χ0) is 16.2. The molecule has 0 spiro atoms. The fourth-order valence-electron chi connectivity index (χ4n) is 3.53. The Bertz CT molecular complexity index is 367. The van der Waals surface area contributed by atoms with Crippen molar-refractivity contribution in [1.29, 1.82) is 0 Å². The highest BCUT2D eigenvalue weighted by atomic mass is 16.6. The molecule has 2 fully saturated rings. The number of carbonyl (C=O) groups excluding carboxylic acids is 1. The smallest absolute Gasteiger partial charge is 0.407 e. The molecule has 2 atom stereocenters. The van der Waals surface area contributed by atoms with E-state index in [0.717, 1.165) is 25.9 Å². The Hall–Kier alpha value is -0.810. The third-order valence-electron chi connectivity index (χ3n) is 4.64. The number of ether oxygens (including phenoxy) is 1. The Morgan fingerprint density at radius 1 is 1.09 bits per heavy atom. The Morgan fingerprint density at radius 2 is 1.86 bits per heavy atom. The van der Waals surface area contributed by atoms with Crippen LogP contribution in [0, 0.1) is 0 Å². The molecule has 1 saturated heterocycles. The third kappa shape index (κ3) is 5.76. The Labute approximate surface area is 135 Å². The van der Waals surface area contributed by atoms with Crippen LogP contribution in [0.4, 0.5) is 4.79 Å². The van der Waals surface area contributed by atoms with Crippen LogP contribution in [0.3, 0.4) is 0 Å². The first-order chi connectivity index (χ1) is 10.3. The van der Waals surface area contributed by atoms with E-state index < -0.39 is 5.60 Å². The highest BCUT2D eigenvalue weighted by Crippen LogP contribution is 2.24. The number of nitrogens with one attached hydrogen (secondary N) is 1. The summed E-state index contributed by atoms with van der Waals surface area (Å²) in [5, 5.41) is 3.07. The molecule has 0 unspecified atom stereocenters. The van der Waals surface area contributed by atoms with Crippen LogP contribution in [0.5, 0.6) is 0 Å². The molecule has 1 aliphatic carbocycles. The second kappa shape index (κ2) is 7.64. The third-order valence-corrected chi connectivity index (χ3v) is 4.64. The predicted molar refractivity (Wildman–Crippen MR) is 89.1 cm³/mol. The van der Waals surface area contributed by atoms with Crippen LogP contribution in [0.15, 0.2) is 0 Å². The van der Waals surface area contributed by atoms with Crippen LogP contribution in [-0.2, 0) is 4.74 Å². The molecule has 2 aliphatic rings. The molecule has 0 aromatic heterocycles. The number of hydrogen-bond donors (Lipinski definition) is 1. The fraction of sp³-hybridized carbons (Fsp3) is 0.941. The fourth-order valence-corrected chi connectivity index (χ4v) is 3.53. The summed E-state index contributed by atoms with van der Waals surface area (Å²) in [6.45, 7) is 10.4. The van der Waals surface area contributed by atoms with Crippen molar-refractivity contribution in [3.8, 4) is 0 Å². The molecule has 0 bridgehead atoms. The van der Waals surface area contributed by atoms with Gasteiger partial charge in [-0.2, -0.15) is 0 Å². The van der Waals surface area contributed by atoms with E-state index in [1.165, 1.54) is 32.4 Å². The van der Waals surface area contributed by atoms with Gasteiger partial charge in [-0.1, -0.05) is 0 Å². The summed E-state index contributed by atoms with van der Waals surface area (Å²) < 4.78 is 5.38. The molecule has 1 saturated carbocycles. The second-order valence-corrected chi connectivity index (χ2v) is 7.86. The van der Waals surface area contributed by atoms with Crippen LogP contribution in [-0.4, -0.2) is 66.8 Å². The van der Waals surface area contributed by atoms with E-state index in [-0.39, 0.29) is 12.1 Å². The molecular weight excluding hydrogens is 278 g/mol. The molecule has 1 N–H and O–H groups in total. The highest BCUT2D eigenvalue weighted by molar-refractivity contribution is 5.68. The van der Waals surface area contributed by atoms with Gasteiger partial charge in [0.05, 0.1) is 0 Å². The minimum Gasteiger partial charge on any atom is -0.444 e. The van der Waals surface area contributed by atoms with Crippen molar-refractivity contribution < 1.29 is 9.53 Å². The van der Waals surface area contributed by atoms with Gasteiger partial charge in [-0.25, -0.2) is 4.79 Å². The molecule has 1 heterocycles. The van der Waals surface area contributed by atoms with Crippen molar-refractivity contribution >= 4 is 6.09 Å². The molecule has 0 aromatic carbocycles. The topological polar surface area (TPSA) is 44.8 Å². The number of amides is 1. The van der Waals surface area contributed by atoms with E-state index >= 15 is 0 Å². The van der Waals surface area contributed by atoms with Gasteiger partial charge in [-0.15, -0.1) is 0 Å². The minimum atomic E-state index is -0.423. The van der Waals surface area contributed by atoms with Crippen molar-refractivity contribution in [2.45, 2.75) is 70.6 Å². The second-order valence-electron chi connectivity index (χ2n) is 7.86. The summed E-state index contributed by atoms with van der Waals surface area (Å²) in [4.78, 5) is 17.0. The molecule has 5 nitrogen and oxygen atoms in total. The lowest BCUT2D eigenvalue weighted by molar-refractivity contribution is 0.0470. The van der Waals surface area contributed by atoms with Gasteiger partial charge in [0.2, 0.25) is 0 Å². The summed E-state index contributed by atoms with van der Waals surface area (Å²) >= 11 is 0. The number of nitrogens with zero attached hydrogens (tertiary/aromatic N) is 2. The molecule has 2 rings (SSSR count). The van der Waals surface area contributed by atoms with E-state index in [4.69, 9.17) is 4.74 Å². The monoisotopic (exact) mass is 311 g/mol. The van der Waals surface area contributed by atoms with E-state index in [0.29, 0.717) is 6.04 Å². The Kier molecular flexibility index (Phi) is 6.09. The normalized spacial score (nSPS) is 28.9. The lowest BCUT2D eigenvalue weighted by Gasteiger charge is -2.37. The lowest BCUT2D eigenvalue weighted by Crippen LogP contribution is -2.47. The highest BCUT2D eigenvalue weighted by Gasteiger charge is 2.29. The quantitative estimate of drug-likeness (QED) is 0.851. The van der Waals surface area contributed by atoms with E-state index in [2.05, 4.69) is 22.2 Å². The summed E-state index contributed by atoms with van der Waals surface area (Å²) in [6.07, 6.45) is 5.56. The van der Waals surface area contributed by atoms with Crippen molar-refractivity contribution in [3.63, 3.8) is 0 Å². The zero-order valence-corrected chi connectivity index (χ0v) is 14.7. The first kappa shape index (κ1) is 17.5. The first-order valence-corrected chi connectivity index (χ1v) is 8.75. The molecule has 1 aliphatic heterocycles. The van der Waals surface area contributed by atoms with Crippen molar-refractivity contribution in [2.24, 2.45) is 0 Å². The summed E-state index contributed by atoms with van der Waals surface area (Å²) in [7, 11) is 2.21. The molecule has 22 heavy (non-hydrogen) atoms. The standard InChI is InChI=1S/C17H33N3O2/c1-17(2,3)22-16(21)18-14-7-5-8-15(13-14)20-10-6-9-19(4)11-12-20/h14-15H,5-13H2,1-4H3,(H,18,21)/t14-,15-/m0/s1. The summed E-state index contributed by atoms with van der Waals surface area (Å²) in [6, 6.07) is 0.870. The van der Waals surface area contributed by atoms with Crippen molar-refractivity contribution in [1.82, 2.24) is 15.1 Å². The number of carbonyl (C=O) groups is 1. The van der Waals surface area contributed by atoms with Crippen molar-refractivity contribution in [3.05, 3.63) is 0 Å². The number of hydrogen-bond acceptors (Lipinski definition) is 4. The molecule has 128 valence electrons. The maximum Gasteiger partial charge on any atom is 0.407 e. The summed E-state index contributed by atoms with van der Waals surface area (Å²) in [5.41, 5.74) is -0.423. The SMILES string of the molecule is CN1CCCN([C@H]2CCC[C@H](NC(=O)OC(C)(C)C)C2)CC1. The van der Waals surface area contributed by atoms with E-state index in [1.807, 2.05) is 20.8 Å². The summed E-state index contributed by atoms with van der Waals surface area (Å²) in [5.74, 6) is 0. The molecule has 5 heteroatoms. The first-order valence-electron chi connectivity index (χ1n) is 8.75. The average molecular weight is 311 g/mol. The molecular formula is C17H33N3O2. The average Bonchev–Trinajstić information content (AvgIpc) is 2.61. The van der Waals surface area contributed by atoms with Gasteiger partial charge in [-0.05, 0) is 73.0 Å². The molecule has 1 amide bonds. The van der Waals surface area contributed by atoms with Gasteiger partial charge in [0.25, 0.3) is 0 Å². The van der Waals surface area contributed by atoms with Crippen LogP contribution in [0.2, 0.25) is 0 Å². The van der Waals surface area contributed by atoms with Crippen LogP contribution < -0.4 is 5.32 Å². The van der Waals surface area contributed by atoms with Gasteiger partial charge in [0.1, 0.15) is 5.60 Å². The van der Waals surface area contributed by atoms with E-state index in [9.17, 15) is 4.79 Å². The van der Waals surface area contributed by atoms with Crippen molar-refractivity contribution in [2.75, 3.05) is 33.2 Å². The van der Waals surface area contributed by atoms with Gasteiger partial charge in [0, 0.05) is 25.2 Å². The van der Waals surface area contributed by atoms with Gasteiger partial charge in [-0.3, -0.25) is 4.90 Å². The number of rotatable bonds is 2. The predicted octanol–water partition coefficient (Wildman–Crippen LogP) is 2.46. The maximum absolute atomic E-state index is 12.0. The van der Waals surface area contributed by atoms with E-state index in [1.54, 1.807) is 0 Å². The minimum absolute atomic E-state index is 0.259. The van der Waals surface area contributed by atoms with Gasteiger partial charge in [0.15, 0.2) is 0 Å². The Morgan fingerprint density at radius 3 is 2.59 bits per heavy atom. The maximum atomic E-state index is 12.0.